The minimum absolute atomic E-state index is 0.480. The first-order valence-electron chi connectivity index (χ1n) is 2.67. The molecule has 0 atom stereocenters. The average molecular weight is 111 g/mol. The van der Waals surface area contributed by atoms with Gasteiger partial charge in [-0.1, -0.05) is 19.1 Å². The van der Waals surface area contributed by atoms with Crippen molar-refractivity contribution >= 4 is 0 Å². The van der Waals surface area contributed by atoms with Crippen LogP contribution < -0.4 is 0 Å². The van der Waals surface area contributed by atoms with Crippen molar-refractivity contribution in [1.82, 2.24) is 15.4 Å². The average Bonchev–Trinajstić information content (AvgIpc) is 2.12. The van der Waals surface area contributed by atoms with Crippen molar-refractivity contribution in [3.8, 4) is 0 Å². The zero-order valence-electron chi connectivity index (χ0n) is 5.05. The molecule has 0 saturated carbocycles. The van der Waals surface area contributed by atoms with Crippen molar-refractivity contribution in [3.05, 3.63) is 11.9 Å². The normalized spacial score (nSPS) is 10.4. The predicted octanol–water partition coefficient (Wildman–Crippen LogP) is 0.928. The highest BCUT2D eigenvalue weighted by atomic mass is 15.3. The van der Waals surface area contributed by atoms with Crippen LogP contribution in [0.5, 0.6) is 0 Å². The molecule has 1 N–H and O–H groups in total. The third-order valence-corrected chi connectivity index (χ3v) is 1.03. The zero-order chi connectivity index (χ0) is 5.98. The van der Waals surface area contributed by atoms with Gasteiger partial charge >= 0.3 is 0 Å². The van der Waals surface area contributed by atoms with Crippen LogP contribution in [0.3, 0.4) is 0 Å². The molecule has 3 heteroatoms. The molecule has 0 bridgehead atoms. The number of H-pyrrole nitrogens is 1. The van der Waals surface area contributed by atoms with Gasteiger partial charge in [-0.3, -0.25) is 5.10 Å². The Hall–Kier alpha value is -0.860. The summed E-state index contributed by atoms with van der Waals surface area (Å²) >= 11 is 0. The Kier molecular flexibility index (Phi) is 1.28. The Bertz CT molecular complexity index is 143. The lowest BCUT2D eigenvalue weighted by Crippen LogP contribution is -1.85. The van der Waals surface area contributed by atoms with Gasteiger partial charge in [0.25, 0.3) is 0 Å². The lowest BCUT2D eigenvalue weighted by Gasteiger charge is -1.92. The van der Waals surface area contributed by atoms with Gasteiger partial charge in [0, 0.05) is 6.20 Å². The molecule has 1 aromatic heterocycles. The second kappa shape index (κ2) is 1.94. The van der Waals surface area contributed by atoms with Crippen LogP contribution in [0.15, 0.2) is 6.20 Å². The van der Waals surface area contributed by atoms with E-state index in [1.807, 2.05) is 6.20 Å². The van der Waals surface area contributed by atoms with Crippen LogP contribution in [0, 0.1) is 0 Å². The van der Waals surface area contributed by atoms with E-state index in [1.165, 1.54) is 0 Å². The monoisotopic (exact) mass is 111 g/mol. The van der Waals surface area contributed by atoms with Crippen LogP contribution in [0.25, 0.3) is 0 Å². The summed E-state index contributed by atoms with van der Waals surface area (Å²) in [6, 6.07) is 0. The summed E-state index contributed by atoms with van der Waals surface area (Å²) in [5.74, 6) is 0.480. The Morgan fingerprint density at radius 2 is 2.38 bits per heavy atom. The fraction of sp³-hybridized carbons (Fsp3) is 0.600. The smallest absolute Gasteiger partial charge is 0.0849 e. The van der Waals surface area contributed by atoms with Crippen LogP contribution >= 0.6 is 0 Å². The number of hydrogen-bond acceptors (Lipinski definition) is 2. The molecule has 0 unspecified atom stereocenters. The molecule has 0 fully saturated rings. The topological polar surface area (TPSA) is 41.6 Å². The van der Waals surface area contributed by atoms with Crippen LogP contribution in [0.1, 0.15) is 25.5 Å². The molecule has 1 rings (SSSR count). The molecule has 0 spiro atoms. The standard InChI is InChI=1S/C5H9N3/c1-4(2)5-3-6-8-7-5/h3-4H,1-2H3,(H,6,7,8). The summed E-state index contributed by atoms with van der Waals surface area (Å²) in [5, 5.41) is 10.0. The van der Waals surface area contributed by atoms with E-state index in [9.17, 15) is 0 Å². The predicted molar refractivity (Wildman–Crippen MR) is 30.5 cm³/mol. The minimum Gasteiger partial charge on any atom is -0.265 e. The van der Waals surface area contributed by atoms with Crippen molar-refractivity contribution in [1.29, 1.82) is 0 Å². The van der Waals surface area contributed by atoms with Crippen LogP contribution in [-0.2, 0) is 0 Å². The van der Waals surface area contributed by atoms with Gasteiger partial charge in [0.1, 0.15) is 0 Å². The lowest BCUT2D eigenvalue weighted by molar-refractivity contribution is 0.804. The molecule has 44 valence electrons. The third kappa shape index (κ3) is 0.857. The number of nitrogens with one attached hydrogen (secondary N) is 1. The maximum atomic E-state index is 3.81. The number of aromatic nitrogens is 3. The fourth-order valence-electron chi connectivity index (χ4n) is 0.493. The van der Waals surface area contributed by atoms with Gasteiger partial charge in [0.05, 0.1) is 5.69 Å². The van der Waals surface area contributed by atoms with Gasteiger partial charge < -0.3 is 0 Å². The van der Waals surface area contributed by atoms with Crippen LogP contribution in [0.2, 0.25) is 0 Å². The first kappa shape index (κ1) is 5.28. The fourth-order valence-corrected chi connectivity index (χ4v) is 0.493. The van der Waals surface area contributed by atoms with Crippen molar-refractivity contribution in [2.75, 3.05) is 0 Å². The maximum absolute atomic E-state index is 3.81. The van der Waals surface area contributed by atoms with E-state index in [0.29, 0.717) is 5.92 Å². The van der Waals surface area contributed by atoms with Crippen molar-refractivity contribution in [2.45, 2.75) is 19.8 Å². The van der Waals surface area contributed by atoms with E-state index in [0.717, 1.165) is 5.69 Å². The first-order valence-corrected chi connectivity index (χ1v) is 2.67. The van der Waals surface area contributed by atoms with E-state index < -0.39 is 0 Å². The van der Waals surface area contributed by atoms with Gasteiger partial charge in [-0.15, -0.1) is 5.10 Å². The molecule has 0 aliphatic heterocycles. The maximum Gasteiger partial charge on any atom is 0.0849 e. The van der Waals surface area contributed by atoms with Crippen molar-refractivity contribution in [2.24, 2.45) is 0 Å². The molecule has 3 nitrogen and oxygen atoms in total. The Morgan fingerprint density at radius 1 is 1.62 bits per heavy atom. The summed E-state index contributed by atoms with van der Waals surface area (Å²) in [5.41, 5.74) is 1.02. The summed E-state index contributed by atoms with van der Waals surface area (Å²) in [6.07, 6.45) is 1.81. The molecular weight excluding hydrogens is 102 g/mol. The highest BCUT2D eigenvalue weighted by Crippen LogP contribution is 2.06. The molecular formula is C5H9N3. The third-order valence-electron chi connectivity index (χ3n) is 1.03. The molecule has 0 aliphatic carbocycles. The van der Waals surface area contributed by atoms with Gasteiger partial charge in [-0.2, -0.15) is 0 Å². The Balaban J connectivity index is 2.77. The minimum atomic E-state index is 0.480. The number of rotatable bonds is 1. The quantitative estimate of drug-likeness (QED) is 0.585. The molecule has 0 amide bonds. The molecule has 1 aromatic rings. The number of aromatic amines is 1. The van der Waals surface area contributed by atoms with Gasteiger partial charge in [0.15, 0.2) is 0 Å². The zero-order valence-corrected chi connectivity index (χ0v) is 5.05. The van der Waals surface area contributed by atoms with Gasteiger partial charge in [-0.05, 0) is 5.92 Å². The van der Waals surface area contributed by atoms with Gasteiger partial charge in [-0.25, -0.2) is 0 Å². The van der Waals surface area contributed by atoms with E-state index in [2.05, 4.69) is 29.3 Å². The second-order valence-corrected chi connectivity index (χ2v) is 2.05. The van der Waals surface area contributed by atoms with Crippen molar-refractivity contribution in [3.63, 3.8) is 0 Å². The summed E-state index contributed by atoms with van der Waals surface area (Å²) in [6.45, 7) is 4.16. The molecule has 8 heavy (non-hydrogen) atoms. The van der Waals surface area contributed by atoms with Gasteiger partial charge in [0.2, 0.25) is 0 Å². The number of hydrogen-bond donors (Lipinski definition) is 1. The van der Waals surface area contributed by atoms with E-state index in [1.54, 1.807) is 0 Å². The van der Waals surface area contributed by atoms with Crippen LogP contribution in [-0.4, -0.2) is 15.4 Å². The Labute approximate surface area is 48.1 Å². The van der Waals surface area contributed by atoms with Crippen molar-refractivity contribution < 1.29 is 0 Å². The highest BCUT2D eigenvalue weighted by molar-refractivity contribution is 4.96. The molecule has 0 saturated heterocycles. The van der Waals surface area contributed by atoms with E-state index in [4.69, 9.17) is 0 Å². The largest absolute Gasteiger partial charge is 0.265 e. The lowest BCUT2D eigenvalue weighted by atomic mass is 10.2. The number of nitrogens with zero attached hydrogens (tertiary/aromatic N) is 2. The molecule has 0 radical (unpaired) electrons. The second-order valence-electron chi connectivity index (χ2n) is 2.05. The molecule has 0 aliphatic rings. The summed E-state index contributed by atoms with van der Waals surface area (Å²) < 4.78 is 0. The Morgan fingerprint density at radius 3 is 2.62 bits per heavy atom. The van der Waals surface area contributed by atoms with E-state index >= 15 is 0 Å². The molecule has 1 heterocycles. The highest BCUT2D eigenvalue weighted by Gasteiger charge is 1.98. The van der Waals surface area contributed by atoms with Crippen LogP contribution in [0.4, 0.5) is 0 Å². The first-order chi connectivity index (χ1) is 3.80. The SMILES string of the molecule is CC(C)c1c[nH]nn1. The summed E-state index contributed by atoms with van der Waals surface area (Å²) in [7, 11) is 0. The van der Waals surface area contributed by atoms with E-state index in [-0.39, 0.29) is 0 Å². The molecule has 0 aromatic carbocycles. The summed E-state index contributed by atoms with van der Waals surface area (Å²) in [4.78, 5) is 0.